The number of sulfonamides is 1. The Kier molecular flexibility index (Phi) is 6.74. The second-order valence-corrected chi connectivity index (χ2v) is 10.0. The molecule has 1 aliphatic rings. The lowest BCUT2D eigenvalue weighted by Crippen LogP contribution is -2.39. The van der Waals surface area contributed by atoms with Crippen molar-refractivity contribution in [3.05, 3.63) is 96.3 Å². The number of nitrogens with one attached hydrogen (secondary N) is 1. The number of hydrogen-bond donors (Lipinski definition) is 1. The number of benzene rings is 4. The third-order valence-corrected chi connectivity index (χ3v) is 7.49. The van der Waals surface area contributed by atoms with E-state index in [4.69, 9.17) is 9.47 Å². The van der Waals surface area contributed by atoms with Crippen LogP contribution in [-0.4, -0.2) is 40.3 Å². The zero-order valence-corrected chi connectivity index (χ0v) is 20.3. The Morgan fingerprint density at radius 3 is 2.49 bits per heavy atom. The summed E-state index contributed by atoms with van der Waals surface area (Å²) in [5.41, 5.74) is 3.29. The van der Waals surface area contributed by atoms with Gasteiger partial charge in [0.2, 0.25) is 0 Å². The molecule has 0 unspecified atom stereocenters. The largest absolute Gasteiger partial charge is 0.486 e. The fourth-order valence-corrected chi connectivity index (χ4v) is 5.37. The molecule has 0 atom stereocenters. The smallest absolute Gasteiger partial charge is 0.264 e. The molecule has 1 aliphatic heterocycles. The lowest BCUT2D eigenvalue weighted by molar-refractivity contribution is -0.119. The van der Waals surface area contributed by atoms with Crippen molar-refractivity contribution in [2.75, 3.05) is 24.1 Å². The number of anilines is 1. The van der Waals surface area contributed by atoms with Gasteiger partial charge >= 0.3 is 0 Å². The summed E-state index contributed by atoms with van der Waals surface area (Å²) in [6.07, 6.45) is 1.50. The fraction of sp³-hybridized carbons (Fsp3) is 0.111. The van der Waals surface area contributed by atoms with E-state index in [1.54, 1.807) is 0 Å². The van der Waals surface area contributed by atoms with Crippen molar-refractivity contribution in [2.24, 2.45) is 5.10 Å². The fourth-order valence-electron chi connectivity index (χ4n) is 3.94. The van der Waals surface area contributed by atoms with Gasteiger partial charge in [-0.05, 0) is 47.2 Å². The van der Waals surface area contributed by atoms with E-state index in [1.165, 1.54) is 36.5 Å². The second-order valence-electron chi connectivity index (χ2n) is 8.16. The molecule has 1 heterocycles. The average molecular weight is 520 g/mol. The van der Waals surface area contributed by atoms with Crippen LogP contribution in [0.25, 0.3) is 10.8 Å². The minimum absolute atomic E-state index is 0.104. The molecule has 0 fully saturated rings. The van der Waals surface area contributed by atoms with Crippen LogP contribution in [0.1, 0.15) is 5.56 Å². The van der Waals surface area contributed by atoms with E-state index in [2.05, 4.69) is 10.5 Å². The first-order valence-corrected chi connectivity index (χ1v) is 12.8. The number of fused-ring (bicyclic) bond motifs is 2. The molecule has 1 N–H and O–H groups in total. The minimum Gasteiger partial charge on any atom is -0.486 e. The number of nitrogens with zero attached hydrogens (tertiary/aromatic N) is 2. The molecule has 5 rings (SSSR count). The standard InChI is InChI=1S/C27H22FN3O5S/c28-21-8-10-22(11-9-21)31(37(33,34)23-12-13-25-26(16-23)36-15-14-35-25)18-27(32)30-29-17-20-6-3-5-19-4-1-2-7-24(19)20/h1-13,16-17H,14-15,18H2,(H,30,32)/b29-17-. The van der Waals surface area contributed by atoms with E-state index >= 15 is 0 Å². The quantitative estimate of drug-likeness (QED) is 0.293. The Hall–Kier alpha value is -4.44. The molecule has 37 heavy (non-hydrogen) atoms. The van der Waals surface area contributed by atoms with Gasteiger partial charge in [0.1, 0.15) is 25.6 Å². The van der Waals surface area contributed by atoms with Crippen molar-refractivity contribution >= 4 is 38.6 Å². The lowest BCUT2D eigenvalue weighted by atomic mass is 10.1. The van der Waals surface area contributed by atoms with E-state index < -0.39 is 28.3 Å². The topological polar surface area (TPSA) is 97.3 Å². The number of ether oxygens (including phenoxy) is 2. The van der Waals surface area contributed by atoms with E-state index in [-0.39, 0.29) is 22.9 Å². The molecule has 0 bridgehead atoms. The highest BCUT2D eigenvalue weighted by Gasteiger charge is 2.29. The Balaban J connectivity index is 1.40. The van der Waals surface area contributed by atoms with Gasteiger partial charge in [0.25, 0.3) is 15.9 Å². The monoisotopic (exact) mass is 519 g/mol. The van der Waals surface area contributed by atoms with Crippen molar-refractivity contribution in [2.45, 2.75) is 4.90 Å². The van der Waals surface area contributed by atoms with E-state index in [0.29, 0.717) is 12.4 Å². The molecule has 0 aliphatic carbocycles. The summed E-state index contributed by atoms with van der Waals surface area (Å²) in [5, 5.41) is 6.00. The van der Waals surface area contributed by atoms with Crippen LogP contribution in [0.4, 0.5) is 10.1 Å². The molecule has 188 valence electrons. The van der Waals surface area contributed by atoms with Crippen LogP contribution >= 0.6 is 0 Å². The van der Waals surface area contributed by atoms with Gasteiger partial charge in [-0.3, -0.25) is 9.10 Å². The molecule has 0 radical (unpaired) electrons. The number of rotatable bonds is 7. The zero-order chi connectivity index (χ0) is 25.8. The summed E-state index contributed by atoms with van der Waals surface area (Å²) in [6, 6.07) is 22.5. The highest BCUT2D eigenvalue weighted by molar-refractivity contribution is 7.92. The average Bonchev–Trinajstić information content (AvgIpc) is 2.92. The van der Waals surface area contributed by atoms with Gasteiger partial charge in [0, 0.05) is 11.6 Å². The molecular formula is C27H22FN3O5S. The lowest BCUT2D eigenvalue weighted by Gasteiger charge is -2.25. The number of carbonyl (C=O) groups excluding carboxylic acids is 1. The van der Waals surface area contributed by atoms with E-state index in [0.717, 1.165) is 32.8 Å². The molecule has 0 saturated carbocycles. The molecule has 10 heteroatoms. The maximum Gasteiger partial charge on any atom is 0.264 e. The summed E-state index contributed by atoms with van der Waals surface area (Å²) in [5.74, 6) is -0.499. The summed E-state index contributed by atoms with van der Waals surface area (Å²) >= 11 is 0. The Labute approximate surface area is 213 Å². The second kappa shape index (κ2) is 10.3. The van der Waals surface area contributed by atoms with Crippen molar-refractivity contribution in [3.63, 3.8) is 0 Å². The van der Waals surface area contributed by atoms with Crippen LogP contribution < -0.4 is 19.2 Å². The van der Waals surface area contributed by atoms with Gasteiger partial charge in [0.05, 0.1) is 16.8 Å². The Morgan fingerprint density at radius 1 is 0.946 bits per heavy atom. The van der Waals surface area contributed by atoms with Gasteiger partial charge in [-0.15, -0.1) is 0 Å². The minimum atomic E-state index is -4.24. The van der Waals surface area contributed by atoms with Crippen LogP contribution in [0, 0.1) is 5.82 Å². The molecule has 4 aromatic rings. The van der Waals surface area contributed by atoms with Gasteiger partial charge in [-0.2, -0.15) is 5.10 Å². The maximum absolute atomic E-state index is 13.6. The van der Waals surface area contributed by atoms with Gasteiger partial charge < -0.3 is 9.47 Å². The van der Waals surface area contributed by atoms with Crippen LogP contribution in [0.15, 0.2) is 94.9 Å². The summed E-state index contributed by atoms with van der Waals surface area (Å²) in [4.78, 5) is 12.7. The normalized spacial score (nSPS) is 13.0. The highest BCUT2D eigenvalue weighted by Crippen LogP contribution is 2.34. The van der Waals surface area contributed by atoms with Crippen LogP contribution in [0.5, 0.6) is 11.5 Å². The van der Waals surface area contributed by atoms with Gasteiger partial charge in [-0.1, -0.05) is 42.5 Å². The first kappa shape index (κ1) is 24.3. The van der Waals surface area contributed by atoms with Crippen molar-refractivity contribution < 1.29 is 27.1 Å². The molecular weight excluding hydrogens is 497 g/mol. The molecule has 8 nitrogen and oxygen atoms in total. The summed E-state index contributed by atoms with van der Waals surface area (Å²) < 4.78 is 52.6. The number of carbonyl (C=O) groups is 1. The highest BCUT2D eigenvalue weighted by atomic mass is 32.2. The van der Waals surface area contributed by atoms with Crippen LogP contribution in [0.3, 0.4) is 0 Å². The summed E-state index contributed by atoms with van der Waals surface area (Å²) in [7, 11) is -4.24. The first-order valence-electron chi connectivity index (χ1n) is 11.4. The molecule has 4 aromatic carbocycles. The Morgan fingerprint density at radius 2 is 1.68 bits per heavy atom. The number of hydrazone groups is 1. The zero-order valence-electron chi connectivity index (χ0n) is 19.5. The predicted molar refractivity (Wildman–Crippen MR) is 138 cm³/mol. The van der Waals surface area contributed by atoms with Crippen molar-refractivity contribution in [3.8, 4) is 11.5 Å². The van der Waals surface area contributed by atoms with Crippen molar-refractivity contribution in [1.29, 1.82) is 0 Å². The third kappa shape index (κ3) is 5.24. The SMILES string of the molecule is O=C(CN(c1ccc(F)cc1)S(=O)(=O)c1ccc2c(c1)OCCO2)N/N=C\c1cccc2ccccc12. The first-order chi connectivity index (χ1) is 17.9. The Bertz CT molecular complexity index is 1580. The maximum atomic E-state index is 13.6. The molecule has 0 spiro atoms. The van der Waals surface area contributed by atoms with E-state index in [1.807, 2.05) is 42.5 Å². The van der Waals surface area contributed by atoms with E-state index in [9.17, 15) is 17.6 Å². The number of halogens is 1. The molecule has 0 aromatic heterocycles. The predicted octanol–water partition coefficient (Wildman–Crippen LogP) is 4.10. The van der Waals surface area contributed by atoms with Gasteiger partial charge in [0.15, 0.2) is 11.5 Å². The van der Waals surface area contributed by atoms with Crippen LogP contribution in [-0.2, 0) is 14.8 Å². The summed E-state index contributed by atoms with van der Waals surface area (Å²) in [6.45, 7) is 0.0604. The van der Waals surface area contributed by atoms with Gasteiger partial charge in [-0.25, -0.2) is 18.2 Å². The third-order valence-electron chi connectivity index (χ3n) is 5.72. The number of amides is 1. The van der Waals surface area contributed by atoms with Crippen LogP contribution in [0.2, 0.25) is 0 Å². The number of hydrogen-bond acceptors (Lipinski definition) is 6. The van der Waals surface area contributed by atoms with Crippen molar-refractivity contribution in [1.82, 2.24) is 5.43 Å². The molecule has 1 amide bonds. The molecule has 0 saturated heterocycles.